The van der Waals surface area contributed by atoms with E-state index in [9.17, 15) is 4.79 Å². The Morgan fingerprint density at radius 3 is 2.56 bits per heavy atom. The van der Waals surface area contributed by atoms with Crippen molar-refractivity contribution in [2.75, 3.05) is 37.8 Å². The van der Waals surface area contributed by atoms with E-state index in [1.807, 2.05) is 18.7 Å². The third-order valence-electron chi connectivity index (χ3n) is 2.79. The van der Waals surface area contributed by atoms with Crippen LogP contribution in [0.1, 0.15) is 13.8 Å². The smallest absolute Gasteiger partial charge is 0.238 e. The maximum atomic E-state index is 11.8. The summed E-state index contributed by atoms with van der Waals surface area (Å²) in [6, 6.07) is 5.20. The number of ether oxygens (including phenoxy) is 1. The van der Waals surface area contributed by atoms with Gasteiger partial charge in [-0.3, -0.25) is 9.69 Å². The number of nitrogens with one attached hydrogen (secondary N) is 1. The number of hydrogen-bond acceptors (Lipinski definition) is 4. The molecule has 0 aromatic heterocycles. The number of carbonyl (C=O) groups excluding carboxylic acids is 1. The van der Waals surface area contributed by atoms with Gasteiger partial charge in [0.1, 0.15) is 5.75 Å². The van der Waals surface area contributed by atoms with Crippen LogP contribution >= 0.6 is 0 Å². The van der Waals surface area contributed by atoms with Crippen LogP contribution in [-0.2, 0) is 4.79 Å². The van der Waals surface area contributed by atoms with E-state index in [2.05, 4.69) is 5.32 Å². The highest BCUT2D eigenvalue weighted by Gasteiger charge is 2.09. The fraction of sp³-hybridized carbons (Fsp3) is 0.462. The third-order valence-corrected chi connectivity index (χ3v) is 2.79. The summed E-state index contributed by atoms with van der Waals surface area (Å²) in [5, 5.41) is 2.80. The van der Waals surface area contributed by atoms with Crippen LogP contribution in [0.2, 0.25) is 0 Å². The van der Waals surface area contributed by atoms with Gasteiger partial charge in [-0.15, -0.1) is 0 Å². The number of likely N-dealkylation sites (N-methyl/N-ethyl adjacent to an activating group) is 1. The maximum absolute atomic E-state index is 11.8. The molecule has 1 amide bonds. The van der Waals surface area contributed by atoms with Gasteiger partial charge in [-0.05, 0) is 25.2 Å². The molecule has 0 saturated heterocycles. The molecule has 18 heavy (non-hydrogen) atoms. The van der Waals surface area contributed by atoms with E-state index in [0.29, 0.717) is 23.7 Å². The molecule has 5 heteroatoms. The van der Waals surface area contributed by atoms with Crippen molar-refractivity contribution in [3.05, 3.63) is 18.2 Å². The quantitative estimate of drug-likeness (QED) is 0.753. The van der Waals surface area contributed by atoms with E-state index in [1.54, 1.807) is 25.3 Å². The van der Waals surface area contributed by atoms with Gasteiger partial charge in [0.05, 0.1) is 25.0 Å². The Morgan fingerprint density at radius 2 is 2.06 bits per heavy atom. The minimum atomic E-state index is -0.0597. The zero-order chi connectivity index (χ0) is 13.5. The topological polar surface area (TPSA) is 67.6 Å². The van der Waals surface area contributed by atoms with Gasteiger partial charge in [0, 0.05) is 6.07 Å². The molecule has 0 aliphatic carbocycles. The Labute approximate surface area is 108 Å². The van der Waals surface area contributed by atoms with Gasteiger partial charge in [0.25, 0.3) is 0 Å². The summed E-state index contributed by atoms with van der Waals surface area (Å²) in [7, 11) is 1.58. The lowest BCUT2D eigenvalue weighted by molar-refractivity contribution is -0.117. The number of nitrogens with zero attached hydrogens (tertiary/aromatic N) is 1. The first kappa shape index (κ1) is 14.3. The van der Waals surface area contributed by atoms with Crippen molar-refractivity contribution in [1.29, 1.82) is 0 Å². The number of hydrogen-bond donors (Lipinski definition) is 2. The molecule has 1 rings (SSSR count). The molecule has 0 fully saturated rings. The van der Waals surface area contributed by atoms with Crippen LogP contribution in [0.25, 0.3) is 0 Å². The molecule has 0 bridgehead atoms. The van der Waals surface area contributed by atoms with E-state index in [4.69, 9.17) is 10.5 Å². The number of nitrogens with two attached hydrogens (primary N) is 1. The molecular weight excluding hydrogens is 230 g/mol. The number of carbonyl (C=O) groups is 1. The summed E-state index contributed by atoms with van der Waals surface area (Å²) >= 11 is 0. The molecule has 1 aromatic carbocycles. The number of methoxy groups -OCH3 is 1. The van der Waals surface area contributed by atoms with Gasteiger partial charge in [-0.1, -0.05) is 13.8 Å². The normalized spacial score (nSPS) is 10.4. The second-order valence-electron chi connectivity index (χ2n) is 3.96. The summed E-state index contributed by atoms with van der Waals surface area (Å²) in [5.41, 5.74) is 6.95. The molecule has 5 nitrogen and oxygen atoms in total. The SMILES string of the molecule is CCN(CC)CC(=O)Nc1ccc(OC)cc1N. The predicted molar refractivity (Wildman–Crippen MR) is 73.8 cm³/mol. The first-order valence-corrected chi connectivity index (χ1v) is 6.06. The van der Waals surface area contributed by atoms with E-state index in [0.717, 1.165) is 13.1 Å². The van der Waals surface area contributed by atoms with Gasteiger partial charge < -0.3 is 15.8 Å². The molecule has 1 aromatic rings. The van der Waals surface area contributed by atoms with Crippen LogP contribution in [0, 0.1) is 0 Å². The van der Waals surface area contributed by atoms with Crippen molar-refractivity contribution in [2.45, 2.75) is 13.8 Å². The lowest BCUT2D eigenvalue weighted by Gasteiger charge is -2.17. The fourth-order valence-corrected chi connectivity index (χ4v) is 1.62. The van der Waals surface area contributed by atoms with Gasteiger partial charge in [0.15, 0.2) is 0 Å². The Bertz CT molecular complexity index is 403. The zero-order valence-electron chi connectivity index (χ0n) is 11.2. The Hall–Kier alpha value is -1.75. The molecule has 3 N–H and O–H groups in total. The van der Waals surface area contributed by atoms with Crippen LogP contribution in [0.5, 0.6) is 5.75 Å². The highest BCUT2D eigenvalue weighted by atomic mass is 16.5. The zero-order valence-corrected chi connectivity index (χ0v) is 11.2. The number of amides is 1. The van der Waals surface area contributed by atoms with E-state index >= 15 is 0 Å². The van der Waals surface area contributed by atoms with Crippen molar-refractivity contribution in [3.63, 3.8) is 0 Å². The Kier molecular flexibility index (Phi) is 5.45. The number of nitrogen functional groups attached to an aromatic ring is 1. The summed E-state index contributed by atoms with van der Waals surface area (Å²) in [4.78, 5) is 13.8. The van der Waals surface area contributed by atoms with Crippen LogP contribution in [-0.4, -0.2) is 37.6 Å². The minimum Gasteiger partial charge on any atom is -0.497 e. The standard InChI is InChI=1S/C13H21N3O2/c1-4-16(5-2)9-13(17)15-12-7-6-10(18-3)8-11(12)14/h6-8H,4-5,9,14H2,1-3H3,(H,15,17). The Morgan fingerprint density at radius 1 is 1.39 bits per heavy atom. The minimum absolute atomic E-state index is 0.0597. The Balaban J connectivity index is 2.64. The van der Waals surface area contributed by atoms with E-state index < -0.39 is 0 Å². The molecule has 0 heterocycles. The average Bonchev–Trinajstić information content (AvgIpc) is 2.38. The first-order valence-electron chi connectivity index (χ1n) is 6.06. The highest BCUT2D eigenvalue weighted by Crippen LogP contribution is 2.23. The number of anilines is 2. The molecule has 0 aliphatic rings. The third kappa shape index (κ3) is 3.92. The predicted octanol–water partition coefficient (Wildman–Crippen LogP) is 1.56. The lowest BCUT2D eigenvalue weighted by atomic mass is 10.2. The van der Waals surface area contributed by atoms with Crippen molar-refractivity contribution >= 4 is 17.3 Å². The van der Waals surface area contributed by atoms with Crippen molar-refractivity contribution in [1.82, 2.24) is 4.90 Å². The molecule has 0 unspecified atom stereocenters. The highest BCUT2D eigenvalue weighted by molar-refractivity contribution is 5.95. The van der Waals surface area contributed by atoms with Crippen molar-refractivity contribution < 1.29 is 9.53 Å². The van der Waals surface area contributed by atoms with Gasteiger partial charge in [-0.25, -0.2) is 0 Å². The van der Waals surface area contributed by atoms with Crippen LogP contribution in [0.4, 0.5) is 11.4 Å². The van der Waals surface area contributed by atoms with Gasteiger partial charge >= 0.3 is 0 Å². The molecule has 0 atom stereocenters. The molecule has 0 spiro atoms. The molecule has 100 valence electrons. The lowest BCUT2D eigenvalue weighted by Crippen LogP contribution is -2.33. The number of rotatable bonds is 6. The van der Waals surface area contributed by atoms with Crippen LogP contribution in [0.3, 0.4) is 0 Å². The van der Waals surface area contributed by atoms with Gasteiger partial charge in [0.2, 0.25) is 5.91 Å². The monoisotopic (exact) mass is 251 g/mol. The van der Waals surface area contributed by atoms with Crippen LogP contribution < -0.4 is 15.8 Å². The first-order chi connectivity index (χ1) is 8.60. The second kappa shape index (κ2) is 6.86. The largest absolute Gasteiger partial charge is 0.497 e. The molecular formula is C13H21N3O2. The maximum Gasteiger partial charge on any atom is 0.238 e. The summed E-state index contributed by atoms with van der Waals surface area (Å²) in [6.45, 7) is 6.12. The second-order valence-corrected chi connectivity index (χ2v) is 3.96. The van der Waals surface area contributed by atoms with Crippen molar-refractivity contribution in [2.24, 2.45) is 0 Å². The molecule has 0 radical (unpaired) electrons. The van der Waals surface area contributed by atoms with Gasteiger partial charge in [-0.2, -0.15) is 0 Å². The average molecular weight is 251 g/mol. The summed E-state index contributed by atoms with van der Waals surface area (Å²) in [6.07, 6.45) is 0. The fourth-order valence-electron chi connectivity index (χ4n) is 1.62. The molecule has 0 saturated carbocycles. The van der Waals surface area contributed by atoms with Crippen LogP contribution in [0.15, 0.2) is 18.2 Å². The number of benzene rings is 1. The summed E-state index contributed by atoms with van der Waals surface area (Å²) < 4.78 is 5.05. The van der Waals surface area contributed by atoms with E-state index in [1.165, 1.54) is 0 Å². The van der Waals surface area contributed by atoms with Crippen molar-refractivity contribution in [3.8, 4) is 5.75 Å². The summed E-state index contributed by atoms with van der Waals surface area (Å²) in [5.74, 6) is 0.616. The van der Waals surface area contributed by atoms with E-state index in [-0.39, 0.29) is 5.91 Å². The molecule has 0 aliphatic heterocycles.